The number of hydrogen-bond donors (Lipinski definition) is 2. The van der Waals surface area contributed by atoms with Crippen LogP contribution in [0.5, 0.6) is 0 Å². The average molecular weight is 182 g/mol. The maximum atomic E-state index is 6.24. The summed E-state index contributed by atoms with van der Waals surface area (Å²) in [7, 11) is 0. The molecule has 3 atom stereocenters. The standard InChI is InChI=1S/C11H22N2/c12-8-11(13)6-5-9-3-1-2-4-10(9)7-11/h9-10H,1-8,12-13H2. The van der Waals surface area contributed by atoms with Crippen molar-refractivity contribution in [3.63, 3.8) is 0 Å². The lowest BCUT2D eigenvalue weighted by Gasteiger charge is -2.44. The number of rotatable bonds is 1. The van der Waals surface area contributed by atoms with Crippen LogP contribution in [0.3, 0.4) is 0 Å². The minimum absolute atomic E-state index is 0.0154. The first-order valence-corrected chi connectivity index (χ1v) is 5.72. The van der Waals surface area contributed by atoms with Crippen LogP contribution in [0.4, 0.5) is 0 Å². The highest BCUT2D eigenvalue weighted by molar-refractivity contribution is 4.95. The molecule has 2 heteroatoms. The van der Waals surface area contributed by atoms with Gasteiger partial charge in [-0.1, -0.05) is 25.7 Å². The molecule has 0 saturated heterocycles. The minimum Gasteiger partial charge on any atom is -0.329 e. The lowest BCUT2D eigenvalue weighted by Crippen LogP contribution is -2.52. The molecule has 2 aliphatic rings. The molecule has 2 saturated carbocycles. The Morgan fingerprint density at radius 3 is 2.46 bits per heavy atom. The smallest absolute Gasteiger partial charge is 0.0281 e. The van der Waals surface area contributed by atoms with Gasteiger partial charge in [-0.05, 0) is 31.1 Å². The van der Waals surface area contributed by atoms with Crippen LogP contribution in [0.25, 0.3) is 0 Å². The van der Waals surface area contributed by atoms with Crippen molar-refractivity contribution in [1.29, 1.82) is 0 Å². The summed E-state index contributed by atoms with van der Waals surface area (Å²) < 4.78 is 0. The van der Waals surface area contributed by atoms with Crippen LogP contribution in [0.2, 0.25) is 0 Å². The fourth-order valence-electron chi connectivity index (χ4n) is 3.22. The second-order valence-corrected chi connectivity index (χ2v) is 5.11. The normalized spacial score (nSPS) is 45.7. The van der Waals surface area contributed by atoms with Crippen LogP contribution in [0, 0.1) is 11.8 Å². The number of nitrogens with two attached hydrogens (primary N) is 2. The summed E-state index contributed by atoms with van der Waals surface area (Å²) in [6.07, 6.45) is 9.40. The van der Waals surface area contributed by atoms with Crippen molar-refractivity contribution in [3.05, 3.63) is 0 Å². The minimum atomic E-state index is -0.0154. The van der Waals surface area contributed by atoms with Gasteiger partial charge in [-0.15, -0.1) is 0 Å². The highest BCUT2D eigenvalue weighted by Gasteiger charge is 2.37. The van der Waals surface area contributed by atoms with Crippen molar-refractivity contribution in [3.8, 4) is 0 Å². The van der Waals surface area contributed by atoms with Crippen molar-refractivity contribution in [1.82, 2.24) is 0 Å². The van der Waals surface area contributed by atoms with E-state index in [1.54, 1.807) is 0 Å². The van der Waals surface area contributed by atoms with E-state index in [0.29, 0.717) is 6.54 Å². The van der Waals surface area contributed by atoms with Gasteiger partial charge in [0.2, 0.25) is 0 Å². The highest BCUT2D eigenvalue weighted by atomic mass is 14.8. The second kappa shape index (κ2) is 3.58. The van der Waals surface area contributed by atoms with E-state index in [0.717, 1.165) is 18.3 Å². The quantitative estimate of drug-likeness (QED) is 0.647. The second-order valence-electron chi connectivity index (χ2n) is 5.11. The van der Waals surface area contributed by atoms with Gasteiger partial charge >= 0.3 is 0 Å². The Morgan fingerprint density at radius 1 is 1.08 bits per heavy atom. The van der Waals surface area contributed by atoms with Gasteiger partial charge in [0.25, 0.3) is 0 Å². The molecular weight excluding hydrogens is 160 g/mol. The molecule has 13 heavy (non-hydrogen) atoms. The lowest BCUT2D eigenvalue weighted by molar-refractivity contribution is 0.114. The zero-order valence-corrected chi connectivity index (χ0v) is 8.47. The Morgan fingerprint density at radius 2 is 1.77 bits per heavy atom. The zero-order valence-electron chi connectivity index (χ0n) is 8.47. The van der Waals surface area contributed by atoms with Crippen LogP contribution in [0.15, 0.2) is 0 Å². The molecule has 0 amide bonds. The van der Waals surface area contributed by atoms with Crippen molar-refractivity contribution in [2.24, 2.45) is 23.3 Å². The first-order chi connectivity index (χ1) is 6.23. The lowest BCUT2D eigenvalue weighted by atomic mass is 9.65. The van der Waals surface area contributed by atoms with Gasteiger partial charge in [-0.2, -0.15) is 0 Å². The van der Waals surface area contributed by atoms with Crippen molar-refractivity contribution < 1.29 is 0 Å². The molecule has 2 fully saturated rings. The van der Waals surface area contributed by atoms with E-state index in [1.165, 1.54) is 38.5 Å². The maximum absolute atomic E-state index is 6.24. The van der Waals surface area contributed by atoms with E-state index in [-0.39, 0.29) is 5.54 Å². The first kappa shape index (κ1) is 9.47. The van der Waals surface area contributed by atoms with E-state index in [1.807, 2.05) is 0 Å². The third kappa shape index (κ3) is 1.89. The van der Waals surface area contributed by atoms with Crippen LogP contribution >= 0.6 is 0 Å². The van der Waals surface area contributed by atoms with Crippen LogP contribution in [-0.4, -0.2) is 12.1 Å². The van der Waals surface area contributed by atoms with Gasteiger partial charge in [0, 0.05) is 12.1 Å². The molecule has 2 nitrogen and oxygen atoms in total. The van der Waals surface area contributed by atoms with Crippen molar-refractivity contribution in [2.75, 3.05) is 6.54 Å². The third-order valence-corrected chi connectivity index (χ3v) is 4.15. The molecule has 0 aromatic carbocycles. The van der Waals surface area contributed by atoms with Gasteiger partial charge in [0.15, 0.2) is 0 Å². The summed E-state index contributed by atoms with van der Waals surface area (Å²) in [4.78, 5) is 0. The molecule has 2 aliphatic carbocycles. The molecule has 0 radical (unpaired) electrons. The Balaban J connectivity index is 1.98. The molecule has 76 valence electrons. The molecule has 4 N–H and O–H groups in total. The van der Waals surface area contributed by atoms with E-state index in [2.05, 4.69) is 0 Å². The average Bonchev–Trinajstić information content (AvgIpc) is 2.18. The predicted molar refractivity (Wildman–Crippen MR) is 55.3 cm³/mol. The molecule has 0 aromatic heterocycles. The molecule has 0 spiro atoms. The van der Waals surface area contributed by atoms with Crippen LogP contribution in [0.1, 0.15) is 44.9 Å². The summed E-state index contributed by atoms with van der Waals surface area (Å²) in [5, 5.41) is 0. The molecule has 0 aromatic rings. The summed E-state index contributed by atoms with van der Waals surface area (Å²) in [6.45, 7) is 0.677. The monoisotopic (exact) mass is 182 g/mol. The Kier molecular flexibility index (Phi) is 2.61. The largest absolute Gasteiger partial charge is 0.329 e. The first-order valence-electron chi connectivity index (χ1n) is 5.72. The molecular formula is C11H22N2. The fraction of sp³-hybridized carbons (Fsp3) is 1.00. The summed E-state index contributed by atoms with van der Waals surface area (Å²) in [5.74, 6) is 1.88. The molecule has 0 heterocycles. The number of hydrogen-bond acceptors (Lipinski definition) is 2. The molecule has 3 unspecified atom stereocenters. The van der Waals surface area contributed by atoms with Crippen molar-refractivity contribution >= 4 is 0 Å². The summed E-state index contributed by atoms with van der Waals surface area (Å²) >= 11 is 0. The van der Waals surface area contributed by atoms with Crippen LogP contribution < -0.4 is 11.5 Å². The van der Waals surface area contributed by atoms with E-state index in [9.17, 15) is 0 Å². The highest BCUT2D eigenvalue weighted by Crippen LogP contribution is 2.42. The Bertz CT molecular complexity index is 181. The van der Waals surface area contributed by atoms with Gasteiger partial charge in [-0.3, -0.25) is 0 Å². The molecule has 0 aliphatic heterocycles. The van der Waals surface area contributed by atoms with Crippen molar-refractivity contribution in [2.45, 2.75) is 50.5 Å². The van der Waals surface area contributed by atoms with E-state index < -0.39 is 0 Å². The predicted octanol–water partition coefficient (Wildman–Crippen LogP) is 1.63. The fourth-order valence-corrected chi connectivity index (χ4v) is 3.22. The summed E-state index contributed by atoms with van der Waals surface area (Å²) in [6, 6.07) is 0. The van der Waals surface area contributed by atoms with Gasteiger partial charge in [0.1, 0.15) is 0 Å². The van der Waals surface area contributed by atoms with Gasteiger partial charge < -0.3 is 11.5 Å². The molecule has 2 rings (SSSR count). The maximum Gasteiger partial charge on any atom is 0.0281 e. The zero-order chi connectivity index (χ0) is 9.31. The van der Waals surface area contributed by atoms with Gasteiger partial charge in [-0.25, -0.2) is 0 Å². The number of fused-ring (bicyclic) bond motifs is 1. The SMILES string of the molecule is NCC1(N)CCC2CCCCC2C1. The van der Waals surface area contributed by atoms with Crippen LogP contribution in [-0.2, 0) is 0 Å². The van der Waals surface area contributed by atoms with E-state index in [4.69, 9.17) is 11.5 Å². The third-order valence-electron chi connectivity index (χ3n) is 4.15. The Labute approximate surface area is 81.1 Å². The van der Waals surface area contributed by atoms with Gasteiger partial charge in [0.05, 0.1) is 0 Å². The topological polar surface area (TPSA) is 52.0 Å². The summed E-state index contributed by atoms with van der Waals surface area (Å²) in [5.41, 5.74) is 12.0. The van der Waals surface area contributed by atoms with E-state index >= 15 is 0 Å². The Hall–Kier alpha value is -0.0800. The molecule has 0 bridgehead atoms.